The topological polar surface area (TPSA) is 132 Å². The van der Waals surface area contributed by atoms with E-state index in [2.05, 4.69) is 15.4 Å². The van der Waals surface area contributed by atoms with Crippen LogP contribution in [0.1, 0.15) is 42.5 Å². The maximum absolute atomic E-state index is 13.9. The van der Waals surface area contributed by atoms with Gasteiger partial charge in [-0.25, -0.2) is 9.80 Å². The first-order valence-corrected chi connectivity index (χ1v) is 13.2. The molecule has 1 aliphatic carbocycles. The van der Waals surface area contributed by atoms with E-state index in [9.17, 15) is 19.2 Å². The zero-order valence-electron chi connectivity index (χ0n) is 21.8. The van der Waals surface area contributed by atoms with Crippen LogP contribution in [0.25, 0.3) is 0 Å². The van der Waals surface area contributed by atoms with Crippen LogP contribution in [0.15, 0.2) is 78.0 Å². The highest BCUT2D eigenvalue weighted by molar-refractivity contribution is 6.18. The number of nitrogens with one attached hydrogen (secondary N) is 1. The second-order valence-corrected chi connectivity index (χ2v) is 9.87. The van der Waals surface area contributed by atoms with E-state index in [0.717, 1.165) is 30.7 Å². The molecule has 3 aromatic rings. The number of amides is 3. The Morgan fingerprint density at radius 1 is 0.950 bits per heavy atom. The standard InChI is InChI=1S/C30H29N5O5/c36-26(21-9-1-2-10-21)18-34-25-14-4-3-12-23(25)29(24-13-5-6-15-31-24)33-35(30(34)40)19-27(37)32-22-11-7-8-20(16-22)17-28(38)39/h3-8,11-16,21H,1-2,9-10,17-19H2,(H,32,37)(H,38,39). The zero-order valence-corrected chi connectivity index (χ0v) is 21.8. The molecule has 3 amide bonds. The van der Waals surface area contributed by atoms with E-state index in [4.69, 9.17) is 5.11 Å². The fourth-order valence-electron chi connectivity index (χ4n) is 5.12. The first-order valence-electron chi connectivity index (χ1n) is 13.2. The molecule has 204 valence electrons. The fourth-order valence-corrected chi connectivity index (χ4v) is 5.12. The Labute approximate surface area is 231 Å². The van der Waals surface area contributed by atoms with Crippen molar-refractivity contribution in [3.8, 4) is 0 Å². The fraction of sp³-hybridized carbons (Fsp3) is 0.267. The average molecular weight is 540 g/mol. The van der Waals surface area contributed by atoms with Crippen LogP contribution >= 0.6 is 0 Å². The number of hydrogen-bond acceptors (Lipinski definition) is 6. The van der Waals surface area contributed by atoms with Crippen LogP contribution in [-0.2, 0) is 20.8 Å². The van der Waals surface area contributed by atoms with Gasteiger partial charge < -0.3 is 10.4 Å². The van der Waals surface area contributed by atoms with Crippen molar-refractivity contribution in [2.45, 2.75) is 32.1 Å². The molecule has 2 N–H and O–H groups in total. The van der Waals surface area contributed by atoms with E-state index in [0.29, 0.717) is 33.9 Å². The Morgan fingerprint density at radius 2 is 1.73 bits per heavy atom. The Bertz CT molecular complexity index is 1470. The lowest BCUT2D eigenvalue weighted by Crippen LogP contribution is -2.46. The van der Waals surface area contributed by atoms with Gasteiger partial charge in [0.15, 0.2) is 5.78 Å². The summed E-state index contributed by atoms with van der Waals surface area (Å²) >= 11 is 0. The predicted octanol–water partition coefficient (Wildman–Crippen LogP) is 4.10. The van der Waals surface area contributed by atoms with E-state index in [1.165, 1.54) is 4.90 Å². The lowest BCUT2D eigenvalue weighted by atomic mass is 10.0. The Balaban J connectivity index is 1.47. The van der Waals surface area contributed by atoms with Gasteiger partial charge in [0.25, 0.3) is 0 Å². The highest BCUT2D eigenvalue weighted by Crippen LogP contribution is 2.31. The van der Waals surface area contributed by atoms with Crippen molar-refractivity contribution in [2.24, 2.45) is 11.0 Å². The summed E-state index contributed by atoms with van der Waals surface area (Å²) in [4.78, 5) is 57.2. The van der Waals surface area contributed by atoms with Crippen molar-refractivity contribution >= 4 is 40.8 Å². The van der Waals surface area contributed by atoms with E-state index in [1.54, 1.807) is 54.7 Å². The first kappa shape index (κ1) is 26.7. The molecule has 0 unspecified atom stereocenters. The molecular weight excluding hydrogens is 510 g/mol. The quantitative estimate of drug-likeness (QED) is 0.421. The monoisotopic (exact) mass is 539 g/mol. The van der Waals surface area contributed by atoms with Crippen LogP contribution < -0.4 is 10.2 Å². The van der Waals surface area contributed by atoms with Crippen molar-refractivity contribution in [3.63, 3.8) is 0 Å². The number of ketones is 1. The number of urea groups is 1. The predicted molar refractivity (Wildman–Crippen MR) is 149 cm³/mol. The normalized spacial score (nSPS) is 15.3. The van der Waals surface area contributed by atoms with Gasteiger partial charge >= 0.3 is 12.0 Å². The summed E-state index contributed by atoms with van der Waals surface area (Å²) in [5, 5.41) is 17.5. The number of carbonyl (C=O) groups excluding carboxylic acids is 3. The number of carboxylic acids is 1. The van der Waals surface area contributed by atoms with Gasteiger partial charge in [-0.15, -0.1) is 0 Å². The molecule has 0 atom stereocenters. The number of anilines is 2. The van der Waals surface area contributed by atoms with E-state index < -0.39 is 24.5 Å². The number of pyridine rings is 1. The van der Waals surface area contributed by atoms with Gasteiger partial charge in [0.2, 0.25) is 5.91 Å². The molecule has 1 aliphatic heterocycles. The third-order valence-electron chi connectivity index (χ3n) is 7.01. The highest BCUT2D eigenvalue weighted by atomic mass is 16.4. The van der Waals surface area contributed by atoms with Gasteiger partial charge in [-0.3, -0.25) is 24.3 Å². The molecule has 0 radical (unpaired) electrons. The minimum Gasteiger partial charge on any atom is -0.481 e. The van der Waals surface area contributed by atoms with Crippen LogP contribution in [0.2, 0.25) is 0 Å². The summed E-state index contributed by atoms with van der Waals surface area (Å²) in [6, 6.07) is 18.5. The van der Waals surface area contributed by atoms with Crippen LogP contribution in [0.5, 0.6) is 0 Å². The molecule has 2 aromatic carbocycles. The molecule has 1 saturated carbocycles. The molecule has 5 rings (SSSR count). The van der Waals surface area contributed by atoms with Gasteiger partial charge in [0, 0.05) is 23.4 Å². The highest BCUT2D eigenvalue weighted by Gasteiger charge is 2.34. The van der Waals surface area contributed by atoms with Gasteiger partial charge in [0.05, 0.1) is 24.3 Å². The number of benzene rings is 2. The number of carboxylic acid groups (broad SMARTS) is 1. The molecule has 2 heterocycles. The number of aromatic nitrogens is 1. The van der Waals surface area contributed by atoms with Crippen molar-refractivity contribution in [3.05, 3.63) is 89.7 Å². The summed E-state index contributed by atoms with van der Waals surface area (Å²) in [5.74, 6) is -1.62. The minimum atomic E-state index is -0.984. The van der Waals surface area contributed by atoms with E-state index in [1.807, 2.05) is 18.2 Å². The summed E-state index contributed by atoms with van der Waals surface area (Å²) in [7, 11) is 0. The number of Topliss-reactive ketones (excluding diaryl/α,β-unsaturated/α-hetero) is 1. The Morgan fingerprint density at radius 3 is 2.48 bits per heavy atom. The molecule has 40 heavy (non-hydrogen) atoms. The van der Waals surface area contributed by atoms with Gasteiger partial charge in [-0.2, -0.15) is 5.10 Å². The smallest absolute Gasteiger partial charge is 0.345 e. The molecule has 10 heteroatoms. The number of aliphatic carboxylic acids is 1. The lowest BCUT2D eigenvalue weighted by Gasteiger charge is -2.26. The number of carbonyl (C=O) groups is 4. The molecule has 0 bridgehead atoms. The SMILES string of the molecule is O=C(O)Cc1cccc(NC(=O)CN2N=C(c3ccccn3)c3ccccc3N(CC(=O)C3CCCC3)C2=O)c1. The molecule has 1 aromatic heterocycles. The largest absolute Gasteiger partial charge is 0.481 e. The summed E-state index contributed by atoms with van der Waals surface area (Å²) in [6.45, 7) is -0.554. The number of fused-ring (bicyclic) bond motifs is 1. The summed E-state index contributed by atoms with van der Waals surface area (Å²) in [6.07, 6.45) is 5.04. The van der Waals surface area contributed by atoms with Crippen molar-refractivity contribution < 1.29 is 24.3 Å². The molecule has 10 nitrogen and oxygen atoms in total. The third-order valence-corrected chi connectivity index (χ3v) is 7.01. The van der Waals surface area contributed by atoms with Crippen molar-refractivity contribution in [2.75, 3.05) is 23.3 Å². The molecule has 2 aliphatic rings. The van der Waals surface area contributed by atoms with Crippen LogP contribution in [-0.4, -0.2) is 57.6 Å². The number of rotatable bonds is 9. The first-order chi connectivity index (χ1) is 19.4. The Kier molecular flexibility index (Phi) is 7.95. The second-order valence-electron chi connectivity index (χ2n) is 9.87. The van der Waals surface area contributed by atoms with Crippen molar-refractivity contribution in [1.29, 1.82) is 0 Å². The number of para-hydroxylation sites is 1. The third kappa shape index (κ3) is 6.06. The number of nitrogens with zero attached hydrogens (tertiary/aromatic N) is 4. The van der Waals surface area contributed by atoms with Crippen LogP contribution in [0, 0.1) is 5.92 Å². The van der Waals surface area contributed by atoms with E-state index >= 15 is 0 Å². The number of hydrogen-bond donors (Lipinski definition) is 2. The maximum Gasteiger partial charge on any atom is 0.345 e. The number of hydrazone groups is 1. The second kappa shape index (κ2) is 11.9. The Hall–Kier alpha value is -4.86. The van der Waals surface area contributed by atoms with E-state index in [-0.39, 0.29) is 24.7 Å². The van der Waals surface area contributed by atoms with Gasteiger partial charge in [0.1, 0.15) is 12.3 Å². The molecule has 1 fully saturated rings. The van der Waals surface area contributed by atoms with Gasteiger partial charge in [-0.1, -0.05) is 49.2 Å². The molecule has 0 spiro atoms. The summed E-state index contributed by atoms with van der Waals surface area (Å²) < 4.78 is 0. The molecular formula is C30H29N5O5. The summed E-state index contributed by atoms with van der Waals surface area (Å²) in [5.41, 5.74) is 2.98. The zero-order chi connectivity index (χ0) is 28.1. The lowest BCUT2D eigenvalue weighted by molar-refractivity contribution is -0.136. The van der Waals surface area contributed by atoms with Gasteiger partial charge in [-0.05, 0) is 48.7 Å². The minimum absolute atomic E-state index is 0.0124. The average Bonchev–Trinajstić information content (AvgIpc) is 3.46. The van der Waals surface area contributed by atoms with Crippen molar-refractivity contribution in [1.82, 2.24) is 9.99 Å². The van der Waals surface area contributed by atoms with Crippen LogP contribution in [0.4, 0.5) is 16.2 Å². The molecule has 0 saturated heterocycles. The van der Waals surface area contributed by atoms with Crippen LogP contribution in [0.3, 0.4) is 0 Å². The maximum atomic E-state index is 13.9.